The van der Waals surface area contributed by atoms with Crippen LogP contribution in [0.15, 0.2) is 47.3 Å². The van der Waals surface area contributed by atoms with Crippen molar-refractivity contribution in [3.8, 4) is 0 Å². The van der Waals surface area contributed by atoms with Crippen LogP contribution in [0.25, 0.3) is 10.9 Å². The lowest BCUT2D eigenvalue weighted by molar-refractivity contribution is -0.122. The van der Waals surface area contributed by atoms with Crippen molar-refractivity contribution in [3.63, 3.8) is 0 Å². The van der Waals surface area contributed by atoms with Gasteiger partial charge in [0.15, 0.2) is 5.43 Å². The summed E-state index contributed by atoms with van der Waals surface area (Å²) in [5.74, 6) is -0.0143. The molecule has 1 aliphatic rings. The number of pyridine rings is 1. The number of aromatic amines is 1. The molecule has 4 rings (SSSR count). The second kappa shape index (κ2) is 8.21. The van der Waals surface area contributed by atoms with Crippen LogP contribution in [0.2, 0.25) is 0 Å². The number of nitrogens with one attached hydrogen (secondary N) is 2. The van der Waals surface area contributed by atoms with Crippen LogP contribution in [0.3, 0.4) is 0 Å². The molecular weight excluding hydrogens is 362 g/mol. The molecule has 2 N–H and O–H groups in total. The van der Waals surface area contributed by atoms with Crippen molar-refractivity contribution in [2.45, 2.75) is 39.8 Å². The van der Waals surface area contributed by atoms with E-state index in [1.807, 2.05) is 43.3 Å². The van der Waals surface area contributed by atoms with Gasteiger partial charge in [0.05, 0.1) is 6.54 Å². The molecule has 0 aliphatic carbocycles. The number of aromatic nitrogens is 1. The Balaban J connectivity index is 1.45. The fourth-order valence-corrected chi connectivity index (χ4v) is 3.90. The molecule has 2 heterocycles. The molecule has 1 aromatic heterocycles. The summed E-state index contributed by atoms with van der Waals surface area (Å²) in [4.78, 5) is 31.0. The third-order valence-electron chi connectivity index (χ3n) is 5.70. The van der Waals surface area contributed by atoms with Gasteiger partial charge in [0, 0.05) is 48.2 Å². The molecule has 0 saturated heterocycles. The normalized spacial score (nSPS) is 14.0. The lowest BCUT2D eigenvalue weighted by Gasteiger charge is -2.28. The summed E-state index contributed by atoms with van der Waals surface area (Å²) >= 11 is 0. The van der Waals surface area contributed by atoms with Gasteiger partial charge < -0.3 is 10.3 Å². The van der Waals surface area contributed by atoms with Gasteiger partial charge in [0.25, 0.3) is 0 Å². The van der Waals surface area contributed by atoms with E-state index in [0.717, 1.165) is 52.7 Å². The van der Waals surface area contributed by atoms with E-state index < -0.39 is 0 Å². The highest BCUT2D eigenvalue weighted by atomic mass is 16.2. The number of H-pyrrole nitrogens is 1. The number of benzene rings is 2. The number of carbonyl (C=O) groups excluding carboxylic acids is 1. The lowest BCUT2D eigenvalue weighted by atomic mass is 10.0. The molecular formula is C24H27N3O2. The number of amides is 1. The molecule has 29 heavy (non-hydrogen) atoms. The van der Waals surface area contributed by atoms with E-state index in [0.29, 0.717) is 19.6 Å². The van der Waals surface area contributed by atoms with Crippen molar-refractivity contribution in [1.29, 1.82) is 0 Å². The lowest BCUT2D eigenvalue weighted by Crippen LogP contribution is -2.41. The number of hydrogen-bond acceptors (Lipinski definition) is 3. The third-order valence-corrected chi connectivity index (χ3v) is 5.70. The first-order valence-corrected chi connectivity index (χ1v) is 10.2. The summed E-state index contributed by atoms with van der Waals surface area (Å²) in [5, 5.41) is 3.73. The highest BCUT2D eigenvalue weighted by Crippen LogP contribution is 2.19. The Morgan fingerprint density at radius 3 is 2.66 bits per heavy atom. The summed E-state index contributed by atoms with van der Waals surface area (Å²) < 4.78 is 0. The number of aryl methyl sites for hydroxylation is 2. The molecule has 0 fully saturated rings. The Labute approximate surface area is 170 Å². The van der Waals surface area contributed by atoms with Crippen molar-refractivity contribution in [3.05, 3.63) is 80.6 Å². The molecule has 0 radical (unpaired) electrons. The second-order valence-electron chi connectivity index (χ2n) is 7.87. The van der Waals surface area contributed by atoms with Crippen molar-refractivity contribution in [2.24, 2.45) is 0 Å². The molecule has 5 nitrogen and oxygen atoms in total. The van der Waals surface area contributed by atoms with Crippen LogP contribution in [0, 0.1) is 6.92 Å². The first-order chi connectivity index (χ1) is 14.0. The average Bonchev–Trinajstić information content (AvgIpc) is 2.74. The van der Waals surface area contributed by atoms with E-state index >= 15 is 0 Å². The van der Waals surface area contributed by atoms with E-state index in [2.05, 4.69) is 28.2 Å². The smallest absolute Gasteiger partial charge is 0.234 e. The van der Waals surface area contributed by atoms with Crippen LogP contribution in [-0.2, 0) is 30.7 Å². The molecule has 5 heteroatoms. The van der Waals surface area contributed by atoms with Gasteiger partial charge in [-0.1, -0.05) is 42.8 Å². The van der Waals surface area contributed by atoms with Gasteiger partial charge in [-0.25, -0.2) is 0 Å². The van der Waals surface area contributed by atoms with Gasteiger partial charge in [0.1, 0.15) is 0 Å². The van der Waals surface area contributed by atoms with Gasteiger partial charge in [0.2, 0.25) is 5.91 Å². The minimum atomic E-state index is -0.0143. The van der Waals surface area contributed by atoms with E-state index in [9.17, 15) is 9.59 Å². The summed E-state index contributed by atoms with van der Waals surface area (Å²) in [7, 11) is 0. The topological polar surface area (TPSA) is 65.2 Å². The molecule has 1 amide bonds. The van der Waals surface area contributed by atoms with Crippen LogP contribution >= 0.6 is 0 Å². The molecule has 0 bridgehead atoms. The fraction of sp³-hybridized carbons (Fsp3) is 0.333. The highest BCUT2D eigenvalue weighted by molar-refractivity contribution is 5.80. The minimum absolute atomic E-state index is 0.0143. The molecule has 0 unspecified atom stereocenters. The molecule has 0 saturated carbocycles. The summed E-state index contributed by atoms with van der Waals surface area (Å²) in [6.07, 6.45) is 1.65. The zero-order valence-corrected chi connectivity index (χ0v) is 17.0. The number of fused-ring (bicyclic) bond motifs is 2. The van der Waals surface area contributed by atoms with Gasteiger partial charge in [-0.05, 0) is 36.6 Å². The zero-order chi connectivity index (χ0) is 20.4. The first kappa shape index (κ1) is 19.4. The largest absolute Gasteiger partial charge is 0.358 e. The standard InChI is InChI=1S/C24H27N3O2/c1-3-17-8-9-21-19(12-17)24(29)20-14-27(11-10-22(20)26-21)15-23(28)25-13-18-6-4-16(2)5-7-18/h4-9,12H,3,10-11,13-15H2,1-2H3,(H,25,28)(H,26,29). The van der Waals surface area contributed by atoms with Crippen LogP contribution in [0.5, 0.6) is 0 Å². The van der Waals surface area contributed by atoms with Gasteiger partial charge in [-0.15, -0.1) is 0 Å². The van der Waals surface area contributed by atoms with Crippen LogP contribution in [-0.4, -0.2) is 28.9 Å². The summed E-state index contributed by atoms with van der Waals surface area (Å²) in [6.45, 7) is 6.23. The van der Waals surface area contributed by atoms with E-state index in [4.69, 9.17) is 0 Å². The quantitative estimate of drug-likeness (QED) is 0.705. The summed E-state index contributed by atoms with van der Waals surface area (Å²) in [6, 6.07) is 14.2. The predicted octanol–water partition coefficient (Wildman–Crippen LogP) is 3.07. The van der Waals surface area contributed by atoms with Crippen molar-refractivity contribution >= 4 is 16.8 Å². The molecule has 1 aliphatic heterocycles. The Morgan fingerprint density at radius 2 is 1.90 bits per heavy atom. The maximum absolute atomic E-state index is 13.1. The van der Waals surface area contributed by atoms with Crippen LogP contribution in [0.1, 0.15) is 34.9 Å². The maximum Gasteiger partial charge on any atom is 0.234 e. The molecule has 0 spiro atoms. The van der Waals surface area contributed by atoms with Gasteiger partial charge >= 0.3 is 0 Å². The number of hydrogen-bond donors (Lipinski definition) is 2. The van der Waals surface area contributed by atoms with E-state index in [-0.39, 0.29) is 11.3 Å². The second-order valence-corrected chi connectivity index (χ2v) is 7.87. The van der Waals surface area contributed by atoms with Crippen molar-refractivity contribution < 1.29 is 4.79 Å². The average molecular weight is 389 g/mol. The summed E-state index contributed by atoms with van der Waals surface area (Å²) in [5.41, 5.74) is 6.24. The number of nitrogens with zero attached hydrogens (tertiary/aromatic N) is 1. The van der Waals surface area contributed by atoms with Crippen molar-refractivity contribution in [1.82, 2.24) is 15.2 Å². The minimum Gasteiger partial charge on any atom is -0.358 e. The Hall–Kier alpha value is -2.92. The van der Waals surface area contributed by atoms with Crippen LogP contribution < -0.4 is 10.7 Å². The molecule has 0 atom stereocenters. The Bertz CT molecular complexity index is 1100. The molecule has 3 aromatic rings. The molecule has 150 valence electrons. The van der Waals surface area contributed by atoms with Crippen LogP contribution in [0.4, 0.5) is 0 Å². The Morgan fingerprint density at radius 1 is 1.14 bits per heavy atom. The Kier molecular flexibility index (Phi) is 5.49. The highest BCUT2D eigenvalue weighted by Gasteiger charge is 2.22. The third kappa shape index (κ3) is 4.25. The van der Waals surface area contributed by atoms with E-state index in [1.54, 1.807) is 0 Å². The SMILES string of the molecule is CCc1ccc2[nH]c3c(c(=O)c2c1)CN(CC(=O)NCc1ccc(C)cc1)CC3. The fourth-order valence-electron chi connectivity index (χ4n) is 3.90. The number of carbonyl (C=O) groups is 1. The zero-order valence-electron chi connectivity index (χ0n) is 17.0. The monoisotopic (exact) mass is 389 g/mol. The predicted molar refractivity (Wildman–Crippen MR) is 116 cm³/mol. The molecule has 2 aromatic carbocycles. The first-order valence-electron chi connectivity index (χ1n) is 10.2. The van der Waals surface area contributed by atoms with Gasteiger partial charge in [-0.3, -0.25) is 14.5 Å². The maximum atomic E-state index is 13.1. The van der Waals surface area contributed by atoms with E-state index in [1.165, 1.54) is 5.56 Å². The van der Waals surface area contributed by atoms with Crippen molar-refractivity contribution in [2.75, 3.05) is 13.1 Å². The number of rotatable bonds is 5. The van der Waals surface area contributed by atoms with Gasteiger partial charge in [-0.2, -0.15) is 0 Å².